The van der Waals surface area contributed by atoms with E-state index in [1.54, 1.807) is 6.08 Å². The van der Waals surface area contributed by atoms with E-state index in [1.807, 2.05) is 0 Å². The molecule has 0 amide bonds. The van der Waals surface area contributed by atoms with E-state index in [2.05, 4.69) is 84.1 Å². The van der Waals surface area contributed by atoms with Crippen molar-refractivity contribution in [2.75, 3.05) is 51.6 Å². The van der Waals surface area contributed by atoms with Gasteiger partial charge >= 0.3 is 49.7 Å². The molecule has 0 bridgehead atoms. The van der Waals surface area contributed by atoms with Crippen molar-refractivity contribution >= 4 is 27.9 Å². The summed E-state index contributed by atoms with van der Waals surface area (Å²) in [5, 5.41) is 15.1. The van der Waals surface area contributed by atoms with Crippen molar-refractivity contribution < 1.29 is 76.1 Å². The van der Waals surface area contributed by atoms with E-state index >= 15 is 0 Å². The van der Waals surface area contributed by atoms with Crippen molar-refractivity contribution in [2.45, 2.75) is 137 Å². The van der Waals surface area contributed by atoms with E-state index in [9.17, 15) is 14.7 Å². The Bertz CT molecular complexity index is 814. The topological polar surface area (TPSA) is 117 Å². The van der Waals surface area contributed by atoms with Crippen molar-refractivity contribution in [2.24, 2.45) is 5.92 Å². The first kappa shape index (κ1) is 59.2. The van der Waals surface area contributed by atoms with Crippen LogP contribution < -0.4 is 42.8 Å². The van der Waals surface area contributed by atoms with Gasteiger partial charge in [-0.15, -0.1) is 30.9 Å². The molecule has 0 aromatic heterocycles. The van der Waals surface area contributed by atoms with Crippen LogP contribution in [0.1, 0.15) is 125 Å². The molecule has 0 aliphatic carbocycles. The molecule has 0 N–H and O–H groups in total. The zero-order valence-corrected chi connectivity index (χ0v) is 34.9. The number of esters is 2. The summed E-state index contributed by atoms with van der Waals surface area (Å²) in [5.41, 5.74) is 0. The molecule has 0 spiro atoms. The summed E-state index contributed by atoms with van der Waals surface area (Å²) in [5.74, 6) is 4.47. The van der Waals surface area contributed by atoms with E-state index in [0.29, 0.717) is 50.1 Å². The van der Waals surface area contributed by atoms with Crippen LogP contribution in [0.4, 0.5) is 0 Å². The Labute approximate surface area is 345 Å². The summed E-state index contributed by atoms with van der Waals surface area (Å²) >= 11 is 3.01. The fourth-order valence-corrected chi connectivity index (χ4v) is 3.85. The van der Waals surface area contributed by atoms with Crippen LogP contribution in [0.25, 0.3) is 5.32 Å². The molecule has 0 radical (unpaired) electrons. The smallest absolute Gasteiger partial charge is 0.658 e. The van der Waals surface area contributed by atoms with Crippen LogP contribution in [0.3, 0.4) is 0 Å². The number of carbonyl (C=O) groups excluding carboxylic acids is 2. The summed E-state index contributed by atoms with van der Waals surface area (Å²) in [6.45, 7) is 19.9. The number of halogens is 1. The normalized spacial score (nSPS) is 17.9. The SMILES string of the molecule is C#CCBr.C#CCC1CCCOC1=O.C1CCOC1.C1CCOC1.CC(C)[N-]C(C)C.O=C1CCCCO1.[CH2-]CCC.[Li+].[Li+].[O-]C1=CCCCO1. The van der Waals surface area contributed by atoms with Crippen LogP contribution in [-0.4, -0.2) is 75.6 Å². The molecule has 286 valence electrons. The molecule has 4 fully saturated rings. The van der Waals surface area contributed by atoms with Gasteiger partial charge in [0, 0.05) is 45.2 Å². The molecule has 9 nitrogen and oxygen atoms in total. The maximum atomic E-state index is 10.9. The van der Waals surface area contributed by atoms with Gasteiger partial charge in [-0.25, -0.2) is 0 Å². The average molecular weight is 772 g/mol. The Kier molecular flexibility index (Phi) is 56.9. The molecule has 0 aromatic carbocycles. The van der Waals surface area contributed by atoms with Crippen molar-refractivity contribution in [3.8, 4) is 24.7 Å². The molecule has 5 rings (SSSR count). The predicted octanol–water partition coefficient (Wildman–Crippen LogP) is 2.09. The minimum absolute atomic E-state index is 0. The van der Waals surface area contributed by atoms with Gasteiger partial charge in [-0.05, 0) is 70.8 Å². The van der Waals surface area contributed by atoms with Crippen LogP contribution >= 0.6 is 15.9 Å². The minimum atomic E-state index is -0.161. The fraction of sp³-hybridized carbons (Fsp3) is 0.769. The molecular formula is C39H67BrLi2NO8-. The molecule has 4 saturated heterocycles. The molecule has 5 aliphatic heterocycles. The summed E-state index contributed by atoms with van der Waals surface area (Å²) in [6.07, 6.45) is 25.7. The van der Waals surface area contributed by atoms with Gasteiger partial charge in [0.05, 0.1) is 24.5 Å². The van der Waals surface area contributed by atoms with E-state index < -0.39 is 0 Å². The molecule has 5 heterocycles. The number of cyclic esters (lactones) is 2. The van der Waals surface area contributed by atoms with Crippen LogP contribution in [0.5, 0.6) is 0 Å². The van der Waals surface area contributed by atoms with E-state index in [4.69, 9.17) is 27.1 Å². The van der Waals surface area contributed by atoms with Gasteiger partial charge in [0.15, 0.2) is 0 Å². The third kappa shape index (κ3) is 53.4. The van der Waals surface area contributed by atoms with Crippen molar-refractivity contribution in [1.29, 1.82) is 0 Å². The van der Waals surface area contributed by atoms with Gasteiger partial charge in [0.2, 0.25) is 0 Å². The molecule has 51 heavy (non-hydrogen) atoms. The molecule has 1 unspecified atom stereocenters. The Balaban J connectivity index is -0.000000160. The summed E-state index contributed by atoms with van der Waals surface area (Å²) < 4.78 is 23.9. The first-order valence-electron chi connectivity index (χ1n) is 18.0. The second-order valence-corrected chi connectivity index (χ2v) is 12.3. The first-order valence-corrected chi connectivity index (χ1v) is 19.1. The van der Waals surface area contributed by atoms with Crippen LogP contribution in [0.2, 0.25) is 0 Å². The first-order chi connectivity index (χ1) is 23.6. The minimum Gasteiger partial charge on any atom is -0.658 e. The second kappa shape index (κ2) is 49.0. The van der Waals surface area contributed by atoms with Crippen molar-refractivity contribution in [1.82, 2.24) is 0 Å². The molecule has 5 aliphatic rings. The average Bonchev–Trinajstić information content (AvgIpc) is 3.88. The number of nitrogens with zero attached hydrogens (tertiary/aromatic N) is 1. The maximum absolute atomic E-state index is 10.9. The van der Waals surface area contributed by atoms with Gasteiger partial charge in [0.25, 0.3) is 0 Å². The zero-order valence-electron chi connectivity index (χ0n) is 33.3. The molecular weight excluding hydrogens is 704 g/mol. The number of terminal acetylenes is 2. The summed E-state index contributed by atoms with van der Waals surface area (Å²) in [4.78, 5) is 21.1. The Morgan fingerprint density at radius 2 is 1.29 bits per heavy atom. The second-order valence-electron chi connectivity index (χ2n) is 11.8. The standard InChI is InChI=1S/C8H10O2.C6H14N.2C5H8O2.2C4H8O.C4H9.C3H3Br.2Li/c1-2-4-7-5-3-6-10-8(7)9;1-5(2)7-6(3)4;2*6-5-3-1-2-4-7-5;2*1-2-4-5-3-1;1-3-4-2;1-2-3-4;;/h1,7H,3-6H2;5-6H,1-4H3;1-4H2;3,6H,1-2,4H2;2*1-4H2;1,3-4H2,2H3;1H,3H2;;/q;-1;;;;;-1;;2*+1/p-1. The fourth-order valence-electron chi connectivity index (χ4n) is 3.85. The number of rotatable bonds is 4. The number of allylic oxidation sites excluding steroid dienone is 1. The van der Waals surface area contributed by atoms with E-state index in [1.165, 1.54) is 32.1 Å². The van der Waals surface area contributed by atoms with Gasteiger partial charge in [-0.2, -0.15) is 6.42 Å². The van der Waals surface area contributed by atoms with Gasteiger partial charge in [0.1, 0.15) is 0 Å². The van der Waals surface area contributed by atoms with E-state index in [0.717, 1.165) is 71.4 Å². The Hall–Kier alpha value is -1.05. The molecule has 0 aromatic rings. The third-order valence-electron chi connectivity index (χ3n) is 6.26. The van der Waals surface area contributed by atoms with Crippen LogP contribution in [-0.2, 0) is 33.3 Å². The molecule has 12 heteroatoms. The van der Waals surface area contributed by atoms with Crippen molar-refractivity contribution in [3.63, 3.8) is 0 Å². The number of hydrogen-bond acceptors (Lipinski definition) is 8. The quantitative estimate of drug-likeness (QED) is 0.140. The van der Waals surface area contributed by atoms with E-state index in [-0.39, 0.29) is 61.5 Å². The molecule has 0 saturated carbocycles. The van der Waals surface area contributed by atoms with Crippen LogP contribution in [0, 0.1) is 37.5 Å². The van der Waals surface area contributed by atoms with Crippen molar-refractivity contribution in [3.05, 3.63) is 24.3 Å². The Morgan fingerprint density at radius 1 is 0.824 bits per heavy atom. The van der Waals surface area contributed by atoms with Crippen LogP contribution in [0.15, 0.2) is 12.0 Å². The molecule has 1 atom stereocenters. The summed E-state index contributed by atoms with van der Waals surface area (Å²) in [6, 6.07) is 1.000. The number of alkyl halides is 1. The Morgan fingerprint density at radius 3 is 1.51 bits per heavy atom. The van der Waals surface area contributed by atoms with Gasteiger partial charge in [-0.1, -0.05) is 69.0 Å². The maximum Gasteiger partial charge on any atom is 1.00 e. The summed E-state index contributed by atoms with van der Waals surface area (Å²) in [7, 11) is 0. The third-order valence-corrected chi connectivity index (χ3v) is 6.59. The number of carbonyl (C=O) groups is 2. The van der Waals surface area contributed by atoms with Gasteiger partial charge < -0.3 is 41.0 Å². The largest absolute Gasteiger partial charge is 1.00 e. The predicted molar refractivity (Wildman–Crippen MR) is 202 cm³/mol. The number of hydrogen-bond donors (Lipinski definition) is 0. The number of ether oxygens (including phenoxy) is 5. The number of unbranched alkanes of at least 4 members (excludes halogenated alkanes) is 1. The zero-order chi connectivity index (χ0) is 37.4. The monoisotopic (exact) mass is 770 g/mol. The van der Waals surface area contributed by atoms with Gasteiger partial charge in [-0.3, -0.25) is 9.59 Å².